The summed E-state index contributed by atoms with van der Waals surface area (Å²) in [6, 6.07) is 13.8. The average molecular weight is 402 g/mol. The molecule has 0 aliphatic carbocycles. The molecule has 0 radical (unpaired) electrons. The van der Waals surface area contributed by atoms with Crippen LogP contribution in [0.1, 0.15) is 36.9 Å². The lowest BCUT2D eigenvalue weighted by molar-refractivity contribution is -0.131. The number of amides is 1. The van der Waals surface area contributed by atoms with Gasteiger partial charge in [0.15, 0.2) is 0 Å². The number of carbonyl (C=O) groups is 1. The van der Waals surface area contributed by atoms with Crippen molar-refractivity contribution in [3.05, 3.63) is 72.3 Å². The van der Waals surface area contributed by atoms with E-state index in [1.54, 1.807) is 17.3 Å². The second kappa shape index (κ2) is 9.03. The quantitative estimate of drug-likeness (QED) is 0.627. The van der Waals surface area contributed by atoms with Gasteiger partial charge in [0.1, 0.15) is 0 Å². The lowest BCUT2D eigenvalue weighted by atomic mass is 9.99. The van der Waals surface area contributed by atoms with Gasteiger partial charge in [-0.25, -0.2) is 9.97 Å². The molecule has 2 aromatic heterocycles. The van der Waals surface area contributed by atoms with E-state index in [4.69, 9.17) is 4.98 Å². The number of carbonyl (C=O) groups excluding carboxylic acids is 1. The number of pyridine rings is 1. The Hall–Kier alpha value is -3.28. The molecular weight excluding hydrogens is 374 g/mol. The van der Waals surface area contributed by atoms with Crippen molar-refractivity contribution in [2.75, 3.05) is 25.0 Å². The Morgan fingerprint density at radius 2 is 1.80 bits per heavy atom. The summed E-state index contributed by atoms with van der Waals surface area (Å²) >= 11 is 0. The smallest absolute Gasteiger partial charge is 0.229 e. The molecule has 0 saturated carbocycles. The maximum atomic E-state index is 13.1. The molecule has 30 heavy (non-hydrogen) atoms. The zero-order valence-corrected chi connectivity index (χ0v) is 17.5. The van der Waals surface area contributed by atoms with Gasteiger partial charge in [0.2, 0.25) is 11.9 Å². The summed E-state index contributed by atoms with van der Waals surface area (Å²) in [5.41, 5.74) is 3.82. The van der Waals surface area contributed by atoms with Crippen LogP contribution in [-0.4, -0.2) is 45.9 Å². The van der Waals surface area contributed by atoms with E-state index in [1.807, 2.05) is 62.6 Å². The van der Waals surface area contributed by atoms with E-state index in [0.29, 0.717) is 6.54 Å². The lowest BCUT2D eigenvalue weighted by Crippen LogP contribution is -2.31. The van der Waals surface area contributed by atoms with Crippen LogP contribution in [0.15, 0.2) is 61.1 Å². The van der Waals surface area contributed by atoms with Crippen LogP contribution in [0.4, 0.5) is 5.95 Å². The highest BCUT2D eigenvalue weighted by atomic mass is 16.2. The number of benzene rings is 1. The number of nitrogens with zero attached hydrogens (tertiary/aromatic N) is 5. The average Bonchev–Trinajstić information content (AvgIpc) is 3.34. The number of hydrogen-bond acceptors (Lipinski definition) is 5. The number of rotatable bonds is 6. The molecule has 1 unspecified atom stereocenters. The first kappa shape index (κ1) is 20.0. The van der Waals surface area contributed by atoms with Gasteiger partial charge in [-0.3, -0.25) is 9.78 Å². The van der Waals surface area contributed by atoms with Crippen molar-refractivity contribution in [2.24, 2.45) is 0 Å². The Bertz CT molecular complexity index is 987. The van der Waals surface area contributed by atoms with E-state index in [2.05, 4.69) is 14.9 Å². The van der Waals surface area contributed by atoms with Gasteiger partial charge in [-0.15, -0.1) is 0 Å². The van der Waals surface area contributed by atoms with Crippen LogP contribution < -0.4 is 4.90 Å². The Labute approximate surface area is 177 Å². The third-order valence-corrected chi connectivity index (χ3v) is 5.67. The first-order valence-electron chi connectivity index (χ1n) is 10.4. The summed E-state index contributed by atoms with van der Waals surface area (Å²) in [6.07, 6.45) is 7.74. The van der Waals surface area contributed by atoms with Crippen LogP contribution in [0.3, 0.4) is 0 Å². The van der Waals surface area contributed by atoms with E-state index in [-0.39, 0.29) is 11.8 Å². The molecule has 4 rings (SSSR count). The predicted molar refractivity (Wildman–Crippen MR) is 118 cm³/mol. The van der Waals surface area contributed by atoms with Crippen molar-refractivity contribution in [1.82, 2.24) is 19.9 Å². The van der Waals surface area contributed by atoms with E-state index in [9.17, 15) is 4.79 Å². The molecule has 154 valence electrons. The molecule has 0 N–H and O–H groups in total. The van der Waals surface area contributed by atoms with Crippen molar-refractivity contribution >= 4 is 11.9 Å². The number of aromatic nitrogens is 3. The minimum absolute atomic E-state index is 0.0724. The summed E-state index contributed by atoms with van der Waals surface area (Å²) in [4.78, 5) is 30.7. The Kier molecular flexibility index (Phi) is 6.02. The van der Waals surface area contributed by atoms with Gasteiger partial charge < -0.3 is 9.80 Å². The largest absolute Gasteiger partial charge is 0.341 e. The zero-order valence-electron chi connectivity index (χ0n) is 17.5. The summed E-state index contributed by atoms with van der Waals surface area (Å²) in [7, 11) is 1.84. The van der Waals surface area contributed by atoms with E-state index in [0.717, 1.165) is 54.3 Å². The SMILES string of the molecule is CC(C(=O)N(C)Cc1nc(N2CCCC2)ncc1-c1ccncc1)c1ccccc1. The molecule has 0 spiro atoms. The fourth-order valence-electron chi connectivity index (χ4n) is 3.89. The first-order valence-corrected chi connectivity index (χ1v) is 10.4. The second-order valence-corrected chi connectivity index (χ2v) is 7.79. The fourth-order valence-corrected chi connectivity index (χ4v) is 3.89. The molecule has 0 bridgehead atoms. The van der Waals surface area contributed by atoms with Crippen LogP contribution >= 0.6 is 0 Å². The zero-order chi connectivity index (χ0) is 20.9. The van der Waals surface area contributed by atoms with Crippen LogP contribution in [0.25, 0.3) is 11.1 Å². The normalized spacial score (nSPS) is 14.5. The number of hydrogen-bond donors (Lipinski definition) is 0. The van der Waals surface area contributed by atoms with Crippen LogP contribution in [0, 0.1) is 0 Å². The van der Waals surface area contributed by atoms with Crippen molar-refractivity contribution in [3.63, 3.8) is 0 Å². The fraction of sp³-hybridized carbons (Fsp3) is 0.333. The minimum atomic E-state index is -0.208. The van der Waals surface area contributed by atoms with E-state index >= 15 is 0 Å². The molecular formula is C24H27N5O. The lowest BCUT2D eigenvalue weighted by Gasteiger charge is -2.24. The van der Waals surface area contributed by atoms with Gasteiger partial charge in [0, 0.05) is 44.3 Å². The van der Waals surface area contributed by atoms with Gasteiger partial charge >= 0.3 is 0 Å². The molecule has 6 nitrogen and oxygen atoms in total. The van der Waals surface area contributed by atoms with Gasteiger partial charge in [-0.05, 0) is 43.0 Å². The third-order valence-electron chi connectivity index (χ3n) is 5.67. The monoisotopic (exact) mass is 401 g/mol. The highest BCUT2D eigenvalue weighted by Gasteiger charge is 2.22. The van der Waals surface area contributed by atoms with Crippen molar-refractivity contribution in [3.8, 4) is 11.1 Å². The topological polar surface area (TPSA) is 62.2 Å². The third kappa shape index (κ3) is 4.32. The molecule has 1 aliphatic heterocycles. The van der Waals surface area contributed by atoms with Crippen LogP contribution in [-0.2, 0) is 11.3 Å². The Morgan fingerprint density at radius 3 is 2.50 bits per heavy atom. The molecule has 1 aliphatic rings. The Morgan fingerprint density at radius 1 is 1.10 bits per heavy atom. The van der Waals surface area contributed by atoms with Crippen molar-refractivity contribution in [1.29, 1.82) is 0 Å². The summed E-state index contributed by atoms with van der Waals surface area (Å²) in [5, 5.41) is 0. The highest BCUT2D eigenvalue weighted by molar-refractivity contribution is 5.83. The Balaban J connectivity index is 1.62. The molecule has 1 saturated heterocycles. The second-order valence-electron chi connectivity index (χ2n) is 7.79. The molecule has 1 fully saturated rings. The molecule has 6 heteroatoms. The summed E-state index contributed by atoms with van der Waals surface area (Å²) < 4.78 is 0. The van der Waals surface area contributed by atoms with Crippen molar-refractivity contribution < 1.29 is 4.79 Å². The molecule has 1 atom stereocenters. The summed E-state index contributed by atoms with van der Waals surface area (Å²) in [5.74, 6) is 0.612. The van der Waals surface area contributed by atoms with Gasteiger partial charge in [0.05, 0.1) is 18.2 Å². The van der Waals surface area contributed by atoms with Crippen LogP contribution in [0.2, 0.25) is 0 Å². The van der Waals surface area contributed by atoms with Crippen molar-refractivity contribution in [2.45, 2.75) is 32.2 Å². The molecule has 3 aromatic rings. The van der Waals surface area contributed by atoms with Gasteiger partial charge in [-0.1, -0.05) is 30.3 Å². The standard InChI is InChI=1S/C24H27N5O/c1-18(19-8-4-3-5-9-19)23(30)28(2)17-22-21(20-10-12-25-13-11-20)16-26-24(27-22)29-14-6-7-15-29/h3-5,8-13,16,18H,6-7,14-15,17H2,1-2H3. The molecule has 1 aromatic carbocycles. The maximum absolute atomic E-state index is 13.1. The van der Waals surface area contributed by atoms with Gasteiger partial charge in [-0.2, -0.15) is 0 Å². The first-order chi connectivity index (χ1) is 14.6. The van der Waals surface area contributed by atoms with Gasteiger partial charge in [0.25, 0.3) is 0 Å². The number of anilines is 1. The van der Waals surface area contributed by atoms with E-state index < -0.39 is 0 Å². The van der Waals surface area contributed by atoms with Crippen LogP contribution in [0.5, 0.6) is 0 Å². The molecule has 3 heterocycles. The van der Waals surface area contributed by atoms with E-state index in [1.165, 1.54) is 0 Å². The maximum Gasteiger partial charge on any atom is 0.229 e. The predicted octanol–water partition coefficient (Wildman–Crippen LogP) is 3.90. The highest BCUT2D eigenvalue weighted by Crippen LogP contribution is 2.26. The minimum Gasteiger partial charge on any atom is -0.341 e. The summed E-state index contributed by atoms with van der Waals surface area (Å²) in [6.45, 7) is 4.34. The molecule has 1 amide bonds. The number of likely N-dealkylation sites (N-methyl/N-ethyl adjacent to an activating group) is 1.